The molecule has 7 heteroatoms. The van der Waals surface area contributed by atoms with Gasteiger partial charge in [0.25, 0.3) is 0 Å². The van der Waals surface area contributed by atoms with Gasteiger partial charge in [0.15, 0.2) is 0 Å². The highest BCUT2D eigenvalue weighted by atomic mass is 35.5. The second-order valence-electron chi connectivity index (χ2n) is 6.08. The second-order valence-corrected chi connectivity index (χ2v) is 6.90. The van der Waals surface area contributed by atoms with E-state index in [1.165, 1.54) is 4.90 Å². The van der Waals surface area contributed by atoms with Gasteiger partial charge in [0.2, 0.25) is 0 Å². The predicted octanol–water partition coefficient (Wildman–Crippen LogP) is 4.46. The number of amides is 1. The van der Waals surface area contributed by atoms with Crippen LogP contribution in [0.2, 0.25) is 10.0 Å². The predicted molar refractivity (Wildman–Crippen MR) is 90.1 cm³/mol. The third kappa shape index (κ3) is 6.67. The number of ether oxygens (including phenoxy) is 1. The van der Waals surface area contributed by atoms with E-state index in [2.05, 4.69) is 0 Å². The molecule has 0 radical (unpaired) electrons. The molecule has 128 valence electrons. The van der Waals surface area contributed by atoms with Gasteiger partial charge in [-0.05, 0) is 45.7 Å². The minimum absolute atomic E-state index is 0.464. The highest BCUT2D eigenvalue weighted by Gasteiger charge is 2.36. The SMILES string of the molecule is CC(C)(C)OC(=O)N1CCCC1C(=O)O.Clc1ccccc1Cl. The van der Waals surface area contributed by atoms with Crippen LogP contribution in [-0.2, 0) is 9.53 Å². The molecule has 0 aliphatic carbocycles. The highest BCUT2D eigenvalue weighted by molar-refractivity contribution is 6.41. The minimum Gasteiger partial charge on any atom is -0.480 e. The van der Waals surface area contributed by atoms with E-state index in [0.717, 1.165) is 6.42 Å². The summed E-state index contributed by atoms with van der Waals surface area (Å²) in [4.78, 5) is 23.7. The summed E-state index contributed by atoms with van der Waals surface area (Å²) in [7, 11) is 0. The summed E-state index contributed by atoms with van der Waals surface area (Å²) < 4.78 is 5.13. The molecule has 1 heterocycles. The van der Waals surface area contributed by atoms with Gasteiger partial charge in [-0.2, -0.15) is 0 Å². The topological polar surface area (TPSA) is 66.8 Å². The van der Waals surface area contributed by atoms with E-state index in [1.54, 1.807) is 32.9 Å². The lowest BCUT2D eigenvalue weighted by atomic mass is 10.2. The summed E-state index contributed by atoms with van der Waals surface area (Å²) in [5.41, 5.74) is -0.581. The van der Waals surface area contributed by atoms with Crippen LogP contribution < -0.4 is 0 Å². The van der Waals surface area contributed by atoms with E-state index in [0.29, 0.717) is 23.0 Å². The van der Waals surface area contributed by atoms with Gasteiger partial charge in [-0.15, -0.1) is 0 Å². The van der Waals surface area contributed by atoms with Gasteiger partial charge in [-0.1, -0.05) is 35.3 Å². The Labute approximate surface area is 146 Å². The van der Waals surface area contributed by atoms with Gasteiger partial charge in [-0.3, -0.25) is 4.90 Å². The molecule has 23 heavy (non-hydrogen) atoms. The van der Waals surface area contributed by atoms with E-state index in [4.69, 9.17) is 33.0 Å². The average molecular weight is 362 g/mol. The van der Waals surface area contributed by atoms with Crippen molar-refractivity contribution >= 4 is 35.3 Å². The molecule has 1 saturated heterocycles. The number of hydrogen-bond acceptors (Lipinski definition) is 3. The van der Waals surface area contributed by atoms with E-state index >= 15 is 0 Å². The number of nitrogens with zero attached hydrogens (tertiary/aromatic N) is 1. The zero-order chi connectivity index (χ0) is 17.6. The number of carbonyl (C=O) groups excluding carboxylic acids is 1. The molecule has 1 unspecified atom stereocenters. The Morgan fingerprint density at radius 1 is 1.22 bits per heavy atom. The van der Waals surface area contributed by atoms with Crippen molar-refractivity contribution in [2.45, 2.75) is 45.3 Å². The highest BCUT2D eigenvalue weighted by Crippen LogP contribution is 2.21. The lowest BCUT2D eigenvalue weighted by Crippen LogP contribution is -2.43. The summed E-state index contributed by atoms with van der Waals surface area (Å²) in [5, 5.41) is 10.1. The maximum Gasteiger partial charge on any atom is 0.411 e. The fourth-order valence-electron chi connectivity index (χ4n) is 2.00. The Kier molecular flexibility index (Phi) is 7.16. The maximum absolute atomic E-state index is 11.6. The molecular weight excluding hydrogens is 341 g/mol. The van der Waals surface area contributed by atoms with Gasteiger partial charge in [-0.25, -0.2) is 9.59 Å². The molecule has 0 aromatic heterocycles. The normalized spacial score (nSPS) is 17.3. The van der Waals surface area contributed by atoms with Crippen LogP contribution in [-0.4, -0.2) is 40.3 Å². The Bertz CT molecular complexity index is 536. The van der Waals surface area contributed by atoms with E-state index in [1.807, 2.05) is 12.1 Å². The van der Waals surface area contributed by atoms with Crippen LogP contribution in [0.25, 0.3) is 0 Å². The van der Waals surface area contributed by atoms with Crippen LogP contribution in [0.3, 0.4) is 0 Å². The van der Waals surface area contributed by atoms with Gasteiger partial charge >= 0.3 is 12.1 Å². The first-order valence-electron chi connectivity index (χ1n) is 7.24. The van der Waals surface area contributed by atoms with Gasteiger partial charge < -0.3 is 9.84 Å². The van der Waals surface area contributed by atoms with Crippen molar-refractivity contribution in [3.05, 3.63) is 34.3 Å². The van der Waals surface area contributed by atoms with E-state index in [9.17, 15) is 9.59 Å². The van der Waals surface area contributed by atoms with Crippen molar-refractivity contribution in [1.29, 1.82) is 0 Å². The maximum atomic E-state index is 11.6. The fourth-order valence-corrected chi connectivity index (χ4v) is 2.27. The molecule has 1 fully saturated rings. The largest absolute Gasteiger partial charge is 0.480 e. The minimum atomic E-state index is -0.960. The van der Waals surface area contributed by atoms with Crippen molar-refractivity contribution in [3.63, 3.8) is 0 Å². The molecule has 5 nitrogen and oxygen atoms in total. The number of carboxylic acid groups (broad SMARTS) is 1. The first kappa shape index (κ1) is 19.6. The molecule has 1 aromatic rings. The Morgan fingerprint density at radius 3 is 2.13 bits per heavy atom. The number of rotatable bonds is 1. The Hall–Kier alpha value is -1.46. The van der Waals surface area contributed by atoms with Crippen molar-refractivity contribution in [1.82, 2.24) is 4.90 Å². The smallest absolute Gasteiger partial charge is 0.411 e. The van der Waals surface area contributed by atoms with Crippen molar-refractivity contribution in [2.75, 3.05) is 6.54 Å². The van der Waals surface area contributed by atoms with Gasteiger partial charge in [0, 0.05) is 6.54 Å². The van der Waals surface area contributed by atoms with Crippen molar-refractivity contribution in [2.24, 2.45) is 0 Å². The molecule has 1 atom stereocenters. The number of aliphatic carboxylic acids is 1. The number of benzene rings is 1. The molecule has 0 saturated carbocycles. The summed E-state index contributed by atoms with van der Waals surface area (Å²) in [6.45, 7) is 5.75. The van der Waals surface area contributed by atoms with Gasteiger partial charge in [0.1, 0.15) is 11.6 Å². The van der Waals surface area contributed by atoms with Crippen LogP contribution in [0.5, 0.6) is 0 Å². The quantitative estimate of drug-likeness (QED) is 0.801. The number of carboxylic acids is 1. The molecule has 0 bridgehead atoms. The van der Waals surface area contributed by atoms with Crippen molar-refractivity contribution < 1.29 is 19.4 Å². The second kappa shape index (κ2) is 8.41. The fraction of sp³-hybridized carbons (Fsp3) is 0.500. The monoisotopic (exact) mass is 361 g/mol. The van der Waals surface area contributed by atoms with Crippen LogP contribution in [0.15, 0.2) is 24.3 Å². The lowest BCUT2D eigenvalue weighted by Gasteiger charge is -2.26. The molecular formula is C16H21Cl2NO4. The summed E-state index contributed by atoms with van der Waals surface area (Å²) in [6, 6.07) is 6.47. The van der Waals surface area contributed by atoms with E-state index < -0.39 is 23.7 Å². The third-order valence-corrected chi connectivity index (χ3v) is 3.75. The van der Waals surface area contributed by atoms with Crippen molar-refractivity contribution in [3.8, 4) is 0 Å². The summed E-state index contributed by atoms with van der Waals surface area (Å²) >= 11 is 11.2. The number of carbonyl (C=O) groups is 2. The summed E-state index contributed by atoms with van der Waals surface area (Å²) in [5.74, 6) is -0.960. The molecule has 1 amide bonds. The van der Waals surface area contributed by atoms with Crippen LogP contribution in [0, 0.1) is 0 Å². The first-order valence-corrected chi connectivity index (χ1v) is 8.00. The Balaban J connectivity index is 0.000000277. The van der Waals surface area contributed by atoms with Gasteiger partial charge in [0.05, 0.1) is 10.0 Å². The molecule has 2 rings (SSSR count). The average Bonchev–Trinajstić information content (AvgIpc) is 2.90. The zero-order valence-corrected chi connectivity index (χ0v) is 14.9. The molecule has 1 N–H and O–H groups in total. The first-order chi connectivity index (χ1) is 10.6. The summed E-state index contributed by atoms with van der Waals surface area (Å²) in [6.07, 6.45) is 0.692. The Morgan fingerprint density at radius 2 is 1.74 bits per heavy atom. The number of likely N-dealkylation sites (tertiary alicyclic amines) is 1. The molecule has 0 spiro atoms. The number of halogens is 2. The van der Waals surface area contributed by atoms with Crippen LogP contribution in [0.4, 0.5) is 4.79 Å². The van der Waals surface area contributed by atoms with E-state index in [-0.39, 0.29) is 0 Å². The zero-order valence-electron chi connectivity index (χ0n) is 13.4. The molecule has 1 aromatic carbocycles. The third-order valence-electron chi connectivity index (χ3n) is 2.99. The van der Waals surface area contributed by atoms with Crippen LogP contribution >= 0.6 is 23.2 Å². The number of hydrogen-bond donors (Lipinski definition) is 1. The lowest BCUT2D eigenvalue weighted by molar-refractivity contribution is -0.142. The standard InChI is InChI=1S/C10H17NO4.C6H4Cl2/c1-10(2,3)15-9(14)11-6-4-5-7(11)8(12)13;7-5-3-1-2-4-6(5)8/h7H,4-6H2,1-3H3,(H,12,13);1-4H. The molecule has 1 aliphatic heterocycles. The van der Waals surface area contributed by atoms with Crippen LogP contribution in [0.1, 0.15) is 33.6 Å². The molecule has 1 aliphatic rings.